The molecule has 1 aromatic heterocycles. The summed E-state index contributed by atoms with van der Waals surface area (Å²) in [4.78, 5) is 0. The number of halogens is 1. The molecule has 0 aliphatic rings. The van der Waals surface area contributed by atoms with Crippen LogP contribution in [0.25, 0.3) is 10.9 Å². The highest BCUT2D eigenvalue weighted by Crippen LogP contribution is 2.21. The summed E-state index contributed by atoms with van der Waals surface area (Å²) in [6.45, 7) is 7.74. The Bertz CT molecular complexity index is 655. The fourth-order valence-corrected chi connectivity index (χ4v) is 2.64. The molecule has 0 aliphatic carbocycles. The lowest BCUT2D eigenvalue weighted by atomic mass is 10.1. The minimum atomic E-state index is -1.13. The lowest BCUT2D eigenvalue weighted by Crippen LogP contribution is -2.22. The van der Waals surface area contributed by atoms with Crippen molar-refractivity contribution in [1.82, 2.24) is 9.78 Å². The van der Waals surface area contributed by atoms with Crippen molar-refractivity contribution in [3.8, 4) is 6.07 Å². The SMILES string of the molecule is C[Si](C)(C)CCOCn1ncc2ccc(F)c(C#N)c21. The third kappa shape index (κ3) is 3.24. The van der Waals surface area contributed by atoms with Crippen molar-refractivity contribution in [3.05, 3.63) is 29.7 Å². The summed E-state index contributed by atoms with van der Waals surface area (Å²) < 4.78 is 20.8. The minimum absolute atomic E-state index is 0.0220. The molecule has 0 saturated heterocycles. The molecule has 0 saturated carbocycles. The van der Waals surface area contributed by atoms with Crippen LogP contribution in [0.4, 0.5) is 4.39 Å². The number of fused-ring (bicyclic) bond motifs is 1. The van der Waals surface area contributed by atoms with Crippen molar-refractivity contribution in [3.63, 3.8) is 0 Å². The van der Waals surface area contributed by atoms with Gasteiger partial charge in [0.15, 0.2) is 0 Å². The van der Waals surface area contributed by atoms with Gasteiger partial charge >= 0.3 is 0 Å². The zero-order valence-corrected chi connectivity index (χ0v) is 13.0. The monoisotopic (exact) mass is 291 g/mol. The molecular weight excluding hydrogens is 273 g/mol. The van der Waals surface area contributed by atoms with Crippen molar-refractivity contribution >= 4 is 19.0 Å². The smallest absolute Gasteiger partial charge is 0.143 e. The van der Waals surface area contributed by atoms with E-state index in [0.717, 1.165) is 11.4 Å². The predicted octanol–water partition coefficient (Wildman–Crippen LogP) is 3.36. The quantitative estimate of drug-likeness (QED) is 0.627. The highest BCUT2D eigenvalue weighted by molar-refractivity contribution is 6.76. The number of nitrogens with zero attached hydrogens (tertiary/aromatic N) is 3. The number of benzene rings is 1. The summed E-state index contributed by atoms with van der Waals surface area (Å²) in [5, 5.41) is 14.0. The number of nitriles is 1. The lowest BCUT2D eigenvalue weighted by Gasteiger charge is -2.15. The van der Waals surface area contributed by atoms with E-state index < -0.39 is 13.9 Å². The molecule has 106 valence electrons. The molecule has 0 atom stereocenters. The first kappa shape index (κ1) is 14.7. The van der Waals surface area contributed by atoms with E-state index in [1.54, 1.807) is 16.9 Å². The Morgan fingerprint density at radius 2 is 2.15 bits per heavy atom. The normalized spacial score (nSPS) is 11.8. The standard InChI is InChI=1S/C14H18FN3OSi/c1-20(2,3)7-6-19-10-18-14-11(9-17-18)4-5-13(15)12(14)8-16/h4-5,9H,6-7,10H2,1-3H3. The van der Waals surface area contributed by atoms with Crippen LogP contribution in [0, 0.1) is 17.1 Å². The van der Waals surface area contributed by atoms with Gasteiger partial charge in [-0.25, -0.2) is 9.07 Å². The Hall–Kier alpha value is -1.71. The highest BCUT2D eigenvalue weighted by atomic mass is 28.3. The Morgan fingerprint density at radius 1 is 1.40 bits per heavy atom. The summed E-state index contributed by atoms with van der Waals surface area (Å²) in [6.07, 6.45) is 1.62. The Morgan fingerprint density at radius 3 is 2.80 bits per heavy atom. The largest absolute Gasteiger partial charge is 0.360 e. The minimum Gasteiger partial charge on any atom is -0.360 e. The first-order valence-corrected chi connectivity index (χ1v) is 10.2. The molecule has 0 fully saturated rings. The van der Waals surface area contributed by atoms with Crippen LogP contribution in [-0.4, -0.2) is 24.5 Å². The van der Waals surface area contributed by atoms with Gasteiger partial charge in [-0.2, -0.15) is 10.4 Å². The predicted molar refractivity (Wildman–Crippen MR) is 78.5 cm³/mol. The van der Waals surface area contributed by atoms with Crippen molar-refractivity contribution < 1.29 is 9.13 Å². The summed E-state index contributed by atoms with van der Waals surface area (Å²) in [5.74, 6) is -0.524. The third-order valence-corrected chi connectivity index (χ3v) is 4.78. The van der Waals surface area contributed by atoms with E-state index >= 15 is 0 Å². The van der Waals surface area contributed by atoms with Crippen molar-refractivity contribution in [2.45, 2.75) is 32.4 Å². The van der Waals surface area contributed by atoms with Gasteiger partial charge in [0.2, 0.25) is 0 Å². The van der Waals surface area contributed by atoms with Gasteiger partial charge in [0, 0.05) is 20.1 Å². The zero-order chi connectivity index (χ0) is 14.8. The molecular formula is C14H18FN3OSi. The maximum absolute atomic E-state index is 13.6. The number of hydrogen-bond acceptors (Lipinski definition) is 3. The summed E-state index contributed by atoms with van der Waals surface area (Å²) in [7, 11) is -1.13. The molecule has 2 rings (SSSR count). The molecule has 0 amide bonds. The molecule has 0 bridgehead atoms. The van der Waals surface area contributed by atoms with Crippen molar-refractivity contribution in [2.75, 3.05) is 6.61 Å². The summed E-state index contributed by atoms with van der Waals surface area (Å²) in [5.41, 5.74) is 0.522. The molecule has 0 unspecified atom stereocenters. The van der Waals surface area contributed by atoms with Crippen LogP contribution in [0.1, 0.15) is 5.56 Å². The number of hydrogen-bond donors (Lipinski definition) is 0. The van der Waals surface area contributed by atoms with Gasteiger partial charge in [-0.1, -0.05) is 19.6 Å². The Balaban J connectivity index is 2.15. The fourth-order valence-electron chi connectivity index (χ4n) is 1.89. The molecule has 0 spiro atoms. The van der Waals surface area contributed by atoms with Crippen LogP contribution >= 0.6 is 0 Å². The third-order valence-electron chi connectivity index (χ3n) is 3.07. The van der Waals surface area contributed by atoms with E-state index in [9.17, 15) is 4.39 Å². The van der Waals surface area contributed by atoms with Crippen LogP contribution < -0.4 is 0 Å². The van der Waals surface area contributed by atoms with E-state index in [2.05, 4.69) is 24.7 Å². The zero-order valence-electron chi connectivity index (χ0n) is 12.0. The Kier molecular flexibility index (Phi) is 4.21. The van der Waals surface area contributed by atoms with E-state index in [1.807, 2.05) is 6.07 Å². The maximum Gasteiger partial charge on any atom is 0.143 e. The molecule has 6 heteroatoms. The van der Waals surface area contributed by atoms with Crippen LogP contribution in [0.3, 0.4) is 0 Å². The second-order valence-electron chi connectivity index (χ2n) is 5.96. The number of rotatable bonds is 5. The van der Waals surface area contributed by atoms with Crippen LogP contribution in [0.15, 0.2) is 18.3 Å². The van der Waals surface area contributed by atoms with Crippen LogP contribution in [0.5, 0.6) is 0 Å². The number of aromatic nitrogens is 2. The van der Waals surface area contributed by atoms with Crippen LogP contribution in [0.2, 0.25) is 25.7 Å². The number of ether oxygens (including phenoxy) is 1. The van der Waals surface area contributed by atoms with E-state index in [4.69, 9.17) is 10.00 Å². The van der Waals surface area contributed by atoms with Gasteiger partial charge in [0.05, 0.1) is 11.7 Å². The van der Waals surface area contributed by atoms with Gasteiger partial charge in [-0.15, -0.1) is 0 Å². The van der Waals surface area contributed by atoms with Crippen molar-refractivity contribution in [1.29, 1.82) is 5.26 Å². The fraction of sp³-hybridized carbons (Fsp3) is 0.429. The average Bonchev–Trinajstić information content (AvgIpc) is 2.77. The molecule has 1 heterocycles. The lowest BCUT2D eigenvalue weighted by molar-refractivity contribution is 0.0816. The van der Waals surface area contributed by atoms with Crippen LogP contribution in [-0.2, 0) is 11.5 Å². The van der Waals surface area contributed by atoms with E-state index in [1.165, 1.54) is 6.07 Å². The maximum atomic E-state index is 13.6. The molecule has 0 N–H and O–H groups in total. The van der Waals surface area contributed by atoms with Gasteiger partial charge in [-0.3, -0.25) is 0 Å². The first-order valence-electron chi connectivity index (χ1n) is 6.54. The molecule has 0 aliphatic heterocycles. The molecule has 0 radical (unpaired) electrons. The molecule has 20 heavy (non-hydrogen) atoms. The van der Waals surface area contributed by atoms with Gasteiger partial charge in [0.25, 0.3) is 0 Å². The van der Waals surface area contributed by atoms with E-state index in [0.29, 0.717) is 12.1 Å². The highest BCUT2D eigenvalue weighted by Gasteiger charge is 2.14. The Labute approximate surface area is 118 Å². The first-order chi connectivity index (χ1) is 9.42. The van der Waals surface area contributed by atoms with Gasteiger partial charge in [-0.05, 0) is 18.2 Å². The summed E-state index contributed by atoms with van der Waals surface area (Å²) in [6, 6.07) is 5.87. The van der Waals surface area contributed by atoms with Gasteiger partial charge < -0.3 is 4.74 Å². The molecule has 4 nitrogen and oxygen atoms in total. The second kappa shape index (κ2) is 5.73. The van der Waals surface area contributed by atoms with Gasteiger partial charge in [0.1, 0.15) is 24.2 Å². The average molecular weight is 291 g/mol. The molecule has 2 aromatic rings. The van der Waals surface area contributed by atoms with Crippen molar-refractivity contribution in [2.24, 2.45) is 0 Å². The topological polar surface area (TPSA) is 50.8 Å². The van der Waals surface area contributed by atoms with E-state index in [-0.39, 0.29) is 12.3 Å². The summed E-state index contributed by atoms with van der Waals surface area (Å²) >= 11 is 0. The second-order valence-corrected chi connectivity index (χ2v) is 11.6. The molecule has 1 aromatic carbocycles.